The van der Waals surface area contributed by atoms with Crippen LogP contribution in [0.3, 0.4) is 0 Å². The van der Waals surface area contributed by atoms with E-state index in [1.807, 2.05) is 0 Å². The molecular formula is C18H19F3N4O3S. The molecular weight excluding hydrogens is 409 g/mol. The molecule has 3 rings (SSSR count). The minimum absolute atomic E-state index is 0.0693. The number of amides is 1. The van der Waals surface area contributed by atoms with E-state index in [0.717, 1.165) is 12.1 Å². The van der Waals surface area contributed by atoms with Crippen LogP contribution in [0.2, 0.25) is 0 Å². The fourth-order valence-corrected chi connectivity index (χ4v) is 4.90. The minimum atomic E-state index is -4.47. The van der Waals surface area contributed by atoms with Gasteiger partial charge in [-0.05, 0) is 43.0 Å². The van der Waals surface area contributed by atoms with Gasteiger partial charge in [-0.25, -0.2) is 18.1 Å². The van der Waals surface area contributed by atoms with Gasteiger partial charge in [0, 0.05) is 24.4 Å². The number of rotatable bonds is 5. The monoisotopic (exact) mass is 428 g/mol. The fourth-order valence-electron chi connectivity index (χ4n) is 3.04. The maximum atomic E-state index is 13.0. The van der Waals surface area contributed by atoms with E-state index in [-0.39, 0.29) is 35.4 Å². The summed E-state index contributed by atoms with van der Waals surface area (Å²) in [4.78, 5) is 15.9. The molecule has 2 heterocycles. The third-order valence-corrected chi connectivity index (χ3v) is 6.28. The number of nitrogens with zero attached hydrogens (tertiary/aromatic N) is 3. The summed E-state index contributed by atoms with van der Waals surface area (Å²) in [5.74, 6) is -0.221. The van der Waals surface area contributed by atoms with Gasteiger partial charge in [0.1, 0.15) is 6.33 Å². The van der Waals surface area contributed by atoms with Crippen LogP contribution in [-0.2, 0) is 20.8 Å². The van der Waals surface area contributed by atoms with Crippen molar-refractivity contribution in [3.05, 3.63) is 41.7 Å². The first kappa shape index (κ1) is 21.0. The van der Waals surface area contributed by atoms with Crippen molar-refractivity contribution in [2.75, 3.05) is 18.1 Å². The average Bonchev–Trinajstić information content (AvgIpc) is 3.23. The molecule has 1 atom stereocenters. The number of halogens is 3. The summed E-state index contributed by atoms with van der Waals surface area (Å²) in [7, 11) is -3.00. The molecule has 0 spiro atoms. The van der Waals surface area contributed by atoms with Gasteiger partial charge in [0.15, 0.2) is 15.7 Å². The predicted molar refractivity (Wildman–Crippen MR) is 100 cm³/mol. The second-order valence-corrected chi connectivity index (χ2v) is 9.19. The van der Waals surface area contributed by atoms with Crippen LogP contribution >= 0.6 is 0 Å². The van der Waals surface area contributed by atoms with E-state index in [2.05, 4.69) is 15.4 Å². The van der Waals surface area contributed by atoms with Gasteiger partial charge in [0.05, 0.1) is 17.1 Å². The van der Waals surface area contributed by atoms with E-state index < -0.39 is 27.5 Å². The zero-order valence-corrected chi connectivity index (χ0v) is 16.3. The van der Waals surface area contributed by atoms with Gasteiger partial charge in [-0.15, -0.1) is 5.10 Å². The fraction of sp³-hybridized carbons (Fsp3) is 0.389. The number of carbonyl (C=O) groups excluding carboxylic acids is 1. The molecule has 1 unspecified atom stereocenters. The predicted octanol–water partition coefficient (Wildman–Crippen LogP) is 2.29. The third kappa shape index (κ3) is 5.66. The van der Waals surface area contributed by atoms with E-state index in [4.69, 9.17) is 0 Å². The van der Waals surface area contributed by atoms with Crippen molar-refractivity contribution in [2.24, 2.45) is 5.92 Å². The lowest BCUT2D eigenvalue weighted by Crippen LogP contribution is -2.28. The Morgan fingerprint density at radius 2 is 2.10 bits per heavy atom. The van der Waals surface area contributed by atoms with Crippen molar-refractivity contribution in [3.8, 4) is 11.4 Å². The molecule has 1 amide bonds. The highest BCUT2D eigenvalue weighted by Crippen LogP contribution is 2.32. The highest BCUT2D eigenvalue weighted by molar-refractivity contribution is 7.91. The first-order valence-electron chi connectivity index (χ1n) is 8.79. The summed E-state index contributed by atoms with van der Waals surface area (Å²) in [6.07, 6.45) is -0.162. The van der Waals surface area contributed by atoms with Gasteiger partial charge in [0.25, 0.3) is 0 Å². The minimum Gasteiger partial charge on any atom is -0.352 e. The molecule has 11 heteroatoms. The second-order valence-electron chi connectivity index (χ2n) is 6.96. The third-order valence-electron chi connectivity index (χ3n) is 4.44. The Morgan fingerprint density at radius 3 is 2.76 bits per heavy atom. The Bertz CT molecular complexity index is 1040. The lowest BCUT2D eigenvalue weighted by molar-refractivity contribution is -0.137. The van der Waals surface area contributed by atoms with Crippen LogP contribution < -0.4 is 5.32 Å². The summed E-state index contributed by atoms with van der Waals surface area (Å²) in [6.45, 7) is 1.81. The van der Waals surface area contributed by atoms with Crippen LogP contribution in [0.4, 0.5) is 13.2 Å². The van der Waals surface area contributed by atoms with Crippen molar-refractivity contribution in [1.29, 1.82) is 0 Å². The van der Waals surface area contributed by atoms with Crippen LogP contribution in [0.25, 0.3) is 17.6 Å². The van der Waals surface area contributed by atoms with E-state index in [9.17, 15) is 26.4 Å². The largest absolute Gasteiger partial charge is 0.416 e. The standard InChI is InChI=1S/C18H19F3N4O3S/c1-12-6-14(8-15(7-12)18(19,20)21)17-23-11-25(24-17)4-2-16(26)22-9-13-3-5-29(27,28)10-13/h2,4,6-8,11,13H,3,5,9-10H2,1H3,(H,22,26)/b4-2-. The van der Waals surface area contributed by atoms with Crippen LogP contribution in [0, 0.1) is 12.8 Å². The molecule has 0 bridgehead atoms. The highest BCUT2D eigenvalue weighted by atomic mass is 32.2. The molecule has 1 saturated heterocycles. The Balaban J connectivity index is 1.63. The number of benzene rings is 1. The Morgan fingerprint density at radius 1 is 1.34 bits per heavy atom. The maximum absolute atomic E-state index is 13.0. The Kier molecular flexibility index (Phi) is 5.78. The van der Waals surface area contributed by atoms with Crippen molar-refractivity contribution in [3.63, 3.8) is 0 Å². The van der Waals surface area contributed by atoms with Crippen molar-refractivity contribution in [2.45, 2.75) is 19.5 Å². The van der Waals surface area contributed by atoms with E-state index in [1.54, 1.807) is 13.0 Å². The number of hydrogen-bond acceptors (Lipinski definition) is 5. The van der Waals surface area contributed by atoms with Gasteiger partial charge in [-0.2, -0.15) is 13.2 Å². The number of nitrogens with one attached hydrogen (secondary N) is 1. The molecule has 7 nitrogen and oxygen atoms in total. The lowest BCUT2D eigenvalue weighted by Gasteiger charge is -2.09. The topological polar surface area (TPSA) is 94.0 Å². The molecule has 1 aromatic heterocycles. The summed E-state index contributed by atoms with van der Waals surface area (Å²) in [5, 5.41) is 6.69. The van der Waals surface area contributed by atoms with Crippen molar-refractivity contribution >= 4 is 21.9 Å². The molecule has 0 radical (unpaired) electrons. The van der Waals surface area contributed by atoms with Gasteiger partial charge >= 0.3 is 6.18 Å². The number of aromatic nitrogens is 3. The van der Waals surface area contributed by atoms with Crippen molar-refractivity contribution in [1.82, 2.24) is 20.1 Å². The SMILES string of the molecule is Cc1cc(-c2ncn(/C=C\C(=O)NCC3CCS(=O)(=O)C3)n2)cc(C(F)(F)F)c1. The van der Waals surface area contributed by atoms with Gasteiger partial charge in [-0.3, -0.25) is 4.79 Å². The maximum Gasteiger partial charge on any atom is 0.416 e. The lowest BCUT2D eigenvalue weighted by atomic mass is 10.1. The first-order chi connectivity index (χ1) is 13.5. The summed E-state index contributed by atoms with van der Waals surface area (Å²) >= 11 is 0. The van der Waals surface area contributed by atoms with E-state index in [0.29, 0.717) is 12.0 Å². The van der Waals surface area contributed by atoms with E-state index >= 15 is 0 Å². The Hall–Kier alpha value is -2.69. The summed E-state index contributed by atoms with van der Waals surface area (Å²) < 4.78 is 62.9. The molecule has 1 aromatic carbocycles. The smallest absolute Gasteiger partial charge is 0.352 e. The first-order valence-corrected chi connectivity index (χ1v) is 10.6. The van der Waals surface area contributed by atoms with Crippen LogP contribution in [-0.4, -0.2) is 47.1 Å². The average molecular weight is 428 g/mol. The molecule has 1 fully saturated rings. The molecule has 1 aliphatic heterocycles. The van der Waals surface area contributed by atoms with Crippen molar-refractivity contribution < 1.29 is 26.4 Å². The second kappa shape index (κ2) is 7.97. The number of sulfone groups is 1. The number of alkyl halides is 3. The van der Waals surface area contributed by atoms with Gasteiger partial charge < -0.3 is 5.32 Å². The summed E-state index contributed by atoms with van der Waals surface area (Å²) in [5.41, 5.74) is -0.140. The Labute approximate surface area is 165 Å². The van der Waals surface area contributed by atoms with Crippen LogP contribution in [0.15, 0.2) is 30.6 Å². The van der Waals surface area contributed by atoms with Gasteiger partial charge in [-0.1, -0.05) is 0 Å². The molecule has 2 aromatic rings. The number of aryl methyl sites for hydroxylation is 1. The zero-order valence-electron chi connectivity index (χ0n) is 15.5. The molecule has 156 valence electrons. The normalized spacial score (nSPS) is 19.0. The number of hydrogen-bond donors (Lipinski definition) is 1. The highest BCUT2D eigenvalue weighted by Gasteiger charge is 2.31. The molecule has 1 aliphatic rings. The zero-order chi connectivity index (χ0) is 21.2. The quantitative estimate of drug-likeness (QED) is 0.738. The summed E-state index contributed by atoms with van der Waals surface area (Å²) in [6, 6.07) is 3.56. The van der Waals surface area contributed by atoms with Crippen LogP contribution in [0.5, 0.6) is 0 Å². The van der Waals surface area contributed by atoms with Crippen LogP contribution in [0.1, 0.15) is 17.5 Å². The van der Waals surface area contributed by atoms with Gasteiger partial charge in [0.2, 0.25) is 5.91 Å². The van der Waals surface area contributed by atoms with E-state index in [1.165, 1.54) is 23.3 Å². The molecule has 1 N–H and O–H groups in total. The number of carbonyl (C=O) groups is 1. The molecule has 0 saturated carbocycles. The molecule has 0 aliphatic carbocycles. The molecule has 29 heavy (non-hydrogen) atoms.